The lowest BCUT2D eigenvalue weighted by Gasteiger charge is -2.15. The van der Waals surface area contributed by atoms with Gasteiger partial charge < -0.3 is 14.8 Å². The molecule has 0 amide bonds. The van der Waals surface area contributed by atoms with Crippen LogP contribution in [0.15, 0.2) is 54.6 Å². The monoisotopic (exact) mass is 271 g/mol. The molecule has 0 saturated carbocycles. The van der Waals surface area contributed by atoms with Crippen molar-refractivity contribution in [2.75, 3.05) is 19.0 Å². The number of hydrogen-bond acceptors (Lipinski definition) is 3. The lowest BCUT2D eigenvalue weighted by Crippen LogP contribution is -2.19. The van der Waals surface area contributed by atoms with Gasteiger partial charge in [0.15, 0.2) is 0 Å². The van der Waals surface area contributed by atoms with Crippen LogP contribution in [0.4, 0.5) is 5.69 Å². The quantitative estimate of drug-likeness (QED) is 0.832. The highest BCUT2D eigenvalue weighted by Gasteiger charge is 2.03. The maximum atomic E-state index is 5.82. The summed E-state index contributed by atoms with van der Waals surface area (Å²) in [6.07, 6.45) is 0.150. The summed E-state index contributed by atoms with van der Waals surface area (Å²) in [4.78, 5) is 0. The van der Waals surface area contributed by atoms with E-state index < -0.39 is 0 Å². The van der Waals surface area contributed by atoms with Gasteiger partial charge in [0.05, 0.1) is 19.8 Å². The number of ether oxygens (including phenoxy) is 2. The predicted octanol–water partition coefficient (Wildman–Crippen LogP) is 3.71. The number of para-hydroxylation sites is 1. The summed E-state index contributed by atoms with van der Waals surface area (Å²) in [5.74, 6) is 0.868. The third-order valence-electron chi connectivity index (χ3n) is 3.06. The Balaban J connectivity index is 1.73. The number of hydrogen-bond donors (Lipinski definition) is 1. The first-order valence-electron chi connectivity index (χ1n) is 6.81. The molecule has 3 nitrogen and oxygen atoms in total. The third kappa shape index (κ3) is 4.59. The van der Waals surface area contributed by atoms with Gasteiger partial charge in [0.25, 0.3) is 0 Å². The Morgan fingerprint density at radius 1 is 1.00 bits per heavy atom. The fourth-order valence-electron chi connectivity index (χ4n) is 1.84. The van der Waals surface area contributed by atoms with Gasteiger partial charge in [0.1, 0.15) is 5.75 Å². The minimum Gasteiger partial charge on any atom is -0.497 e. The smallest absolute Gasteiger partial charge is 0.118 e. The minimum absolute atomic E-state index is 0.150. The van der Waals surface area contributed by atoms with Crippen molar-refractivity contribution in [2.45, 2.75) is 19.6 Å². The van der Waals surface area contributed by atoms with Gasteiger partial charge in [-0.1, -0.05) is 30.3 Å². The van der Waals surface area contributed by atoms with E-state index in [2.05, 4.69) is 24.4 Å². The normalized spacial score (nSPS) is 11.9. The van der Waals surface area contributed by atoms with Crippen molar-refractivity contribution in [3.63, 3.8) is 0 Å². The molecule has 0 aromatic heterocycles. The van der Waals surface area contributed by atoms with Crippen LogP contribution < -0.4 is 10.1 Å². The first kappa shape index (κ1) is 14.4. The van der Waals surface area contributed by atoms with E-state index in [1.807, 2.05) is 42.5 Å². The van der Waals surface area contributed by atoms with Crippen molar-refractivity contribution >= 4 is 5.69 Å². The predicted molar refractivity (Wildman–Crippen MR) is 82.2 cm³/mol. The Labute approximate surface area is 120 Å². The molecule has 0 saturated heterocycles. The SMILES string of the molecule is COc1ccc(COC(C)CNc2ccccc2)cc1. The van der Waals surface area contributed by atoms with E-state index in [0.29, 0.717) is 6.61 Å². The topological polar surface area (TPSA) is 30.5 Å². The molecule has 0 aliphatic carbocycles. The summed E-state index contributed by atoms with van der Waals surface area (Å²) in [5, 5.41) is 3.35. The van der Waals surface area contributed by atoms with E-state index in [0.717, 1.165) is 23.5 Å². The molecule has 0 bridgehead atoms. The van der Waals surface area contributed by atoms with Crippen molar-refractivity contribution in [1.82, 2.24) is 0 Å². The van der Waals surface area contributed by atoms with Gasteiger partial charge in [-0.05, 0) is 36.8 Å². The highest BCUT2D eigenvalue weighted by molar-refractivity contribution is 5.42. The number of rotatable bonds is 7. The highest BCUT2D eigenvalue weighted by Crippen LogP contribution is 2.13. The molecule has 3 heteroatoms. The van der Waals surface area contributed by atoms with Crippen LogP contribution in [-0.2, 0) is 11.3 Å². The van der Waals surface area contributed by atoms with Crippen LogP contribution in [0.5, 0.6) is 5.75 Å². The van der Waals surface area contributed by atoms with Crippen LogP contribution in [0.3, 0.4) is 0 Å². The number of benzene rings is 2. The molecule has 0 spiro atoms. The standard InChI is InChI=1S/C17H21NO2/c1-14(12-18-16-6-4-3-5-7-16)20-13-15-8-10-17(19-2)11-9-15/h3-11,14,18H,12-13H2,1-2H3. The second-order valence-corrected chi connectivity index (χ2v) is 4.72. The molecular weight excluding hydrogens is 250 g/mol. The first-order chi connectivity index (χ1) is 9.78. The number of anilines is 1. The number of methoxy groups -OCH3 is 1. The van der Waals surface area contributed by atoms with Crippen molar-refractivity contribution in [3.05, 3.63) is 60.2 Å². The van der Waals surface area contributed by atoms with Crippen LogP contribution in [0, 0.1) is 0 Å². The van der Waals surface area contributed by atoms with Gasteiger partial charge >= 0.3 is 0 Å². The summed E-state index contributed by atoms with van der Waals surface area (Å²) in [6.45, 7) is 3.47. The third-order valence-corrected chi connectivity index (χ3v) is 3.06. The van der Waals surface area contributed by atoms with Gasteiger partial charge in [-0.2, -0.15) is 0 Å². The lowest BCUT2D eigenvalue weighted by atomic mass is 10.2. The van der Waals surface area contributed by atoms with Gasteiger partial charge in [0.2, 0.25) is 0 Å². The molecule has 106 valence electrons. The van der Waals surface area contributed by atoms with Gasteiger partial charge in [-0.25, -0.2) is 0 Å². The Morgan fingerprint density at radius 2 is 1.70 bits per heavy atom. The van der Waals surface area contributed by atoms with Crippen molar-refractivity contribution < 1.29 is 9.47 Å². The molecule has 1 N–H and O–H groups in total. The summed E-state index contributed by atoms with van der Waals surface area (Å²) >= 11 is 0. The van der Waals surface area contributed by atoms with E-state index in [1.54, 1.807) is 7.11 Å². The molecule has 0 aliphatic heterocycles. The zero-order chi connectivity index (χ0) is 14.2. The second-order valence-electron chi connectivity index (χ2n) is 4.72. The molecule has 2 aromatic rings. The molecule has 2 rings (SSSR count). The summed E-state index contributed by atoms with van der Waals surface area (Å²) in [6, 6.07) is 18.1. The summed E-state index contributed by atoms with van der Waals surface area (Å²) in [7, 11) is 1.67. The minimum atomic E-state index is 0.150. The number of nitrogens with one attached hydrogen (secondary N) is 1. The van der Waals surface area contributed by atoms with Crippen LogP contribution in [-0.4, -0.2) is 19.8 Å². The van der Waals surface area contributed by atoms with Crippen molar-refractivity contribution in [2.24, 2.45) is 0 Å². The maximum absolute atomic E-state index is 5.82. The van der Waals surface area contributed by atoms with Crippen molar-refractivity contribution in [1.29, 1.82) is 0 Å². The van der Waals surface area contributed by atoms with Crippen molar-refractivity contribution in [3.8, 4) is 5.75 Å². The zero-order valence-corrected chi connectivity index (χ0v) is 12.0. The van der Waals surface area contributed by atoms with Crippen LogP contribution in [0.25, 0.3) is 0 Å². The fraction of sp³-hybridized carbons (Fsp3) is 0.294. The molecule has 20 heavy (non-hydrogen) atoms. The van der Waals surface area contributed by atoms with Gasteiger partial charge in [-0.3, -0.25) is 0 Å². The molecule has 1 atom stereocenters. The Hall–Kier alpha value is -2.00. The molecule has 0 heterocycles. The molecule has 2 aromatic carbocycles. The molecule has 0 aliphatic rings. The summed E-state index contributed by atoms with van der Waals surface area (Å²) < 4.78 is 11.0. The van der Waals surface area contributed by atoms with E-state index in [-0.39, 0.29) is 6.10 Å². The Morgan fingerprint density at radius 3 is 2.35 bits per heavy atom. The zero-order valence-electron chi connectivity index (χ0n) is 12.0. The second kappa shape index (κ2) is 7.56. The van der Waals surface area contributed by atoms with Gasteiger partial charge in [-0.15, -0.1) is 0 Å². The fourth-order valence-corrected chi connectivity index (χ4v) is 1.84. The van der Waals surface area contributed by atoms with E-state index in [1.165, 1.54) is 0 Å². The Bertz CT molecular complexity index is 496. The lowest BCUT2D eigenvalue weighted by molar-refractivity contribution is 0.0617. The average molecular weight is 271 g/mol. The first-order valence-corrected chi connectivity index (χ1v) is 6.81. The van der Waals surface area contributed by atoms with E-state index >= 15 is 0 Å². The Kier molecular flexibility index (Phi) is 5.44. The van der Waals surface area contributed by atoms with E-state index in [9.17, 15) is 0 Å². The molecule has 0 radical (unpaired) electrons. The van der Waals surface area contributed by atoms with Crippen LogP contribution in [0.2, 0.25) is 0 Å². The molecule has 0 fully saturated rings. The van der Waals surface area contributed by atoms with Crippen LogP contribution >= 0.6 is 0 Å². The highest BCUT2D eigenvalue weighted by atomic mass is 16.5. The van der Waals surface area contributed by atoms with Gasteiger partial charge in [0, 0.05) is 12.2 Å². The largest absolute Gasteiger partial charge is 0.497 e. The molecular formula is C17H21NO2. The average Bonchev–Trinajstić information content (AvgIpc) is 2.52. The summed E-state index contributed by atoms with van der Waals surface area (Å²) in [5.41, 5.74) is 2.27. The van der Waals surface area contributed by atoms with E-state index in [4.69, 9.17) is 9.47 Å². The maximum Gasteiger partial charge on any atom is 0.118 e. The van der Waals surface area contributed by atoms with Crippen LogP contribution in [0.1, 0.15) is 12.5 Å². The molecule has 1 unspecified atom stereocenters.